The van der Waals surface area contributed by atoms with Crippen LogP contribution in [0.15, 0.2) is 18.5 Å². The van der Waals surface area contributed by atoms with Gasteiger partial charge in [-0.05, 0) is 24.8 Å². The van der Waals surface area contributed by atoms with Crippen molar-refractivity contribution in [3.05, 3.63) is 24.0 Å². The summed E-state index contributed by atoms with van der Waals surface area (Å²) >= 11 is 0. The Balaban J connectivity index is 2.01. The van der Waals surface area contributed by atoms with E-state index in [2.05, 4.69) is 17.2 Å². The first-order valence-corrected chi connectivity index (χ1v) is 7.17. The maximum Gasteiger partial charge on any atom is 0.256 e. The Labute approximate surface area is 115 Å². The monoisotopic (exact) mass is 261 g/mol. The number of nitrogens with zero attached hydrogens (tertiary/aromatic N) is 2. The number of piperidine rings is 1. The molecule has 1 amide bonds. The molecule has 1 saturated heterocycles. The topological polar surface area (TPSA) is 45.2 Å². The van der Waals surface area contributed by atoms with E-state index in [9.17, 15) is 4.79 Å². The summed E-state index contributed by atoms with van der Waals surface area (Å²) in [4.78, 5) is 18.5. The Morgan fingerprint density at radius 2 is 2.21 bits per heavy atom. The molecule has 2 heterocycles. The van der Waals surface area contributed by atoms with Gasteiger partial charge in [-0.1, -0.05) is 19.8 Å². The fraction of sp³-hybridized carbons (Fsp3) is 0.600. The third-order valence-corrected chi connectivity index (χ3v) is 3.92. The molecule has 19 heavy (non-hydrogen) atoms. The summed E-state index contributed by atoms with van der Waals surface area (Å²) in [5, 5.41) is 3.03. The van der Waals surface area contributed by atoms with Crippen LogP contribution in [0.25, 0.3) is 0 Å². The van der Waals surface area contributed by atoms with Gasteiger partial charge in [0.25, 0.3) is 5.91 Å². The highest BCUT2D eigenvalue weighted by Crippen LogP contribution is 2.24. The molecular weight excluding hydrogens is 238 g/mol. The van der Waals surface area contributed by atoms with Crippen molar-refractivity contribution in [1.82, 2.24) is 9.88 Å². The first-order chi connectivity index (χ1) is 9.26. The molecule has 0 unspecified atom stereocenters. The average Bonchev–Trinajstić information content (AvgIpc) is 2.47. The van der Waals surface area contributed by atoms with Gasteiger partial charge in [0.1, 0.15) is 0 Å². The molecule has 1 aromatic heterocycles. The van der Waals surface area contributed by atoms with Gasteiger partial charge in [0.2, 0.25) is 0 Å². The van der Waals surface area contributed by atoms with Gasteiger partial charge >= 0.3 is 0 Å². The molecule has 0 bridgehead atoms. The highest BCUT2D eigenvalue weighted by Gasteiger charge is 2.24. The second-order valence-electron chi connectivity index (χ2n) is 5.20. The zero-order valence-corrected chi connectivity index (χ0v) is 11.9. The number of hydrogen-bond acceptors (Lipinski definition) is 3. The van der Waals surface area contributed by atoms with Gasteiger partial charge in [0, 0.05) is 26.3 Å². The van der Waals surface area contributed by atoms with Gasteiger partial charge in [-0.25, -0.2) is 0 Å². The molecule has 1 N–H and O–H groups in total. The fourth-order valence-corrected chi connectivity index (χ4v) is 2.78. The molecule has 1 aliphatic rings. The average molecular weight is 261 g/mol. The molecule has 1 aliphatic heterocycles. The van der Waals surface area contributed by atoms with Gasteiger partial charge in [-0.2, -0.15) is 0 Å². The number of nitrogens with one attached hydrogen (secondary N) is 1. The lowest BCUT2D eigenvalue weighted by atomic mass is 9.92. The summed E-state index contributed by atoms with van der Waals surface area (Å²) in [5.41, 5.74) is 1.54. The van der Waals surface area contributed by atoms with Crippen LogP contribution >= 0.6 is 0 Å². The molecule has 4 nitrogen and oxygen atoms in total. The smallest absolute Gasteiger partial charge is 0.256 e. The van der Waals surface area contributed by atoms with Crippen LogP contribution in [0, 0.1) is 5.92 Å². The summed E-state index contributed by atoms with van der Waals surface area (Å²) < 4.78 is 0. The van der Waals surface area contributed by atoms with Crippen molar-refractivity contribution in [3.8, 4) is 0 Å². The summed E-state index contributed by atoms with van der Waals surface area (Å²) in [6, 6.07) is 1.80. The van der Waals surface area contributed by atoms with E-state index in [-0.39, 0.29) is 5.91 Å². The summed E-state index contributed by atoms with van der Waals surface area (Å²) in [6.45, 7) is 4.00. The van der Waals surface area contributed by atoms with Gasteiger partial charge in [0.15, 0.2) is 0 Å². The number of carbonyl (C=O) groups is 1. The van der Waals surface area contributed by atoms with Crippen LogP contribution in [0.4, 0.5) is 5.69 Å². The zero-order chi connectivity index (χ0) is 13.7. The van der Waals surface area contributed by atoms with Crippen LogP contribution in [-0.2, 0) is 0 Å². The lowest BCUT2D eigenvalue weighted by Crippen LogP contribution is -2.38. The first kappa shape index (κ1) is 13.8. The van der Waals surface area contributed by atoms with E-state index in [1.165, 1.54) is 12.8 Å². The molecule has 0 atom stereocenters. The lowest BCUT2D eigenvalue weighted by Gasteiger charge is -2.32. The van der Waals surface area contributed by atoms with E-state index in [4.69, 9.17) is 0 Å². The van der Waals surface area contributed by atoms with E-state index >= 15 is 0 Å². The number of pyridine rings is 1. The molecule has 4 heteroatoms. The molecule has 2 rings (SSSR count). The van der Waals surface area contributed by atoms with E-state index in [0.717, 1.165) is 43.1 Å². The van der Waals surface area contributed by atoms with Crippen molar-refractivity contribution in [2.75, 3.05) is 25.5 Å². The van der Waals surface area contributed by atoms with Crippen molar-refractivity contribution in [3.63, 3.8) is 0 Å². The van der Waals surface area contributed by atoms with Crippen molar-refractivity contribution < 1.29 is 4.79 Å². The number of aromatic nitrogens is 1. The van der Waals surface area contributed by atoms with Crippen molar-refractivity contribution in [2.24, 2.45) is 5.92 Å². The Hall–Kier alpha value is -1.58. The Morgan fingerprint density at radius 3 is 2.84 bits per heavy atom. The molecule has 104 valence electrons. The summed E-state index contributed by atoms with van der Waals surface area (Å²) in [5.74, 6) is 0.928. The molecule has 0 aliphatic carbocycles. The molecule has 1 fully saturated rings. The van der Waals surface area contributed by atoms with Crippen LogP contribution in [0.5, 0.6) is 0 Å². The highest BCUT2D eigenvalue weighted by molar-refractivity contribution is 5.99. The Morgan fingerprint density at radius 1 is 1.47 bits per heavy atom. The summed E-state index contributed by atoms with van der Waals surface area (Å²) in [6.07, 6.45) is 8.19. The quantitative estimate of drug-likeness (QED) is 0.906. The predicted octanol–water partition coefficient (Wildman–Crippen LogP) is 2.78. The number of likely N-dealkylation sites (tertiary alicyclic amines) is 1. The van der Waals surface area contributed by atoms with E-state index in [1.54, 1.807) is 18.5 Å². The molecular formula is C15H23N3O. The van der Waals surface area contributed by atoms with E-state index < -0.39 is 0 Å². The second-order valence-corrected chi connectivity index (χ2v) is 5.20. The predicted molar refractivity (Wildman–Crippen MR) is 77.3 cm³/mol. The maximum absolute atomic E-state index is 12.5. The van der Waals surface area contributed by atoms with Gasteiger partial charge in [-0.3, -0.25) is 9.78 Å². The van der Waals surface area contributed by atoms with Crippen molar-refractivity contribution in [2.45, 2.75) is 32.6 Å². The maximum atomic E-state index is 12.5. The van der Waals surface area contributed by atoms with Crippen LogP contribution in [0.3, 0.4) is 0 Å². The van der Waals surface area contributed by atoms with Crippen LogP contribution in [0.2, 0.25) is 0 Å². The standard InChI is InChI=1S/C15H23N3O/c1-3-4-12-6-9-18(10-7-12)15(19)13-5-8-17-11-14(13)16-2/h5,8,11-12,16H,3-4,6-7,9-10H2,1-2H3. The lowest BCUT2D eigenvalue weighted by molar-refractivity contribution is 0.0687. The second kappa shape index (κ2) is 6.55. The fourth-order valence-electron chi connectivity index (χ4n) is 2.78. The number of carbonyl (C=O) groups excluding carboxylic acids is 1. The minimum atomic E-state index is 0.127. The van der Waals surface area contributed by atoms with Crippen molar-refractivity contribution >= 4 is 11.6 Å². The SMILES string of the molecule is CCCC1CCN(C(=O)c2ccncc2NC)CC1. The van der Waals surface area contributed by atoms with Crippen molar-refractivity contribution in [1.29, 1.82) is 0 Å². The van der Waals surface area contributed by atoms with E-state index in [0.29, 0.717) is 0 Å². The largest absolute Gasteiger partial charge is 0.386 e. The molecule has 0 spiro atoms. The first-order valence-electron chi connectivity index (χ1n) is 7.17. The normalized spacial score (nSPS) is 16.4. The van der Waals surface area contributed by atoms with E-state index in [1.807, 2.05) is 11.9 Å². The molecule has 0 aromatic carbocycles. The Kier molecular flexibility index (Phi) is 4.77. The molecule has 0 saturated carbocycles. The Bertz CT molecular complexity index is 425. The third kappa shape index (κ3) is 3.25. The van der Waals surface area contributed by atoms with Crippen LogP contribution in [0.1, 0.15) is 43.0 Å². The number of hydrogen-bond donors (Lipinski definition) is 1. The number of anilines is 1. The van der Waals surface area contributed by atoms with Gasteiger partial charge < -0.3 is 10.2 Å². The highest BCUT2D eigenvalue weighted by atomic mass is 16.2. The minimum Gasteiger partial charge on any atom is -0.386 e. The molecule has 1 aromatic rings. The third-order valence-electron chi connectivity index (χ3n) is 3.92. The van der Waals surface area contributed by atoms with Crippen LogP contribution < -0.4 is 5.32 Å². The summed E-state index contributed by atoms with van der Waals surface area (Å²) in [7, 11) is 1.82. The number of rotatable bonds is 4. The van der Waals surface area contributed by atoms with Gasteiger partial charge in [0.05, 0.1) is 17.4 Å². The minimum absolute atomic E-state index is 0.127. The molecule has 0 radical (unpaired) electrons. The zero-order valence-electron chi connectivity index (χ0n) is 11.9. The van der Waals surface area contributed by atoms with Gasteiger partial charge in [-0.15, -0.1) is 0 Å². The number of amides is 1. The van der Waals surface area contributed by atoms with Crippen LogP contribution in [-0.4, -0.2) is 35.9 Å².